The molecule has 1 rings (SSSR count). The highest BCUT2D eigenvalue weighted by Gasteiger charge is 2.17. The van der Waals surface area contributed by atoms with Crippen molar-refractivity contribution in [1.82, 2.24) is 0 Å². The molecule has 0 unspecified atom stereocenters. The molecule has 0 heterocycles. The van der Waals surface area contributed by atoms with Gasteiger partial charge < -0.3 is 0 Å². The van der Waals surface area contributed by atoms with E-state index in [1.54, 1.807) is 19.1 Å². The molecule has 19 heavy (non-hydrogen) atoms. The van der Waals surface area contributed by atoms with Crippen LogP contribution >= 0.6 is 11.6 Å². The van der Waals surface area contributed by atoms with Gasteiger partial charge in [-0.15, -0.1) is 0 Å². The van der Waals surface area contributed by atoms with Gasteiger partial charge in [0, 0.05) is 11.8 Å². The molecule has 0 atom stereocenters. The molecule has 0 aromatic heterocycles. The second kappa shape index (κ2) is 6.35. The minimum Gasteiger partial charge on any atom is -0.276 e. The highest BCUT2D eigenvalue weighted by atomic mass is 35.5. The smallest absolute Gasteiger partial charge is 0.252 e. The Hall–Kier alpha value is -1.13. The first-order valence-corrected chi connectivity index (χ1v) is 8.25. The van der Waals surface area contributed by atoms with Crippen molar-refractivity contribution in [2.24, 2.45) is 0 Å². The molecule has 0 bridgehead atoms. The molecule has 0 spiro atoms. The molecule has 0 saturated heterocycles. The molecule has 0 radical (unpaired) electrons. The van der Waals surface area contributed by atoms with Gasteiger partial charge in [-0.05, 0) is 48.2 Å². The summed E-state index contributed by atoms with van der Waals surface area (Å²) >= 11 is 5.46. The molecule has 3 nitrogen and oxygen atoms in total. The molecule has 104 valence electrons. The van der Waals surface area contributed by atoms with Crippen LogP contribution in [-0.2, 0) is 9.84 Å². The second-order valence-electron chi connectivity index (χ2n) is 4.44. The van der Waals surface area contributed by atoms with Gasteiger partial charge in [0.1, 0.15) is 0 Å². The summed E-state index contributed by atoms with van der Waals surface area (Å²) in [5.41, 5.74) is 1.49. The molecular weight excluding hydrogens is 284 g/mol. The highest BCUT2D eigenvalue weighted by molar-refractivity contribution is 7.90. The maximum Gasteiger partial charge on any atom is 0.252 e. The molecule has 5 heteroatoms. The van der Waals surface area contributed by atoms with Gasteiger partial charge in [-0.1, -0.05) is 25.5 Å². The van der Waals surface area contributed by atoms with Crippen LogP contribution < -0.4 is 0 Å². The first-order valence-electron chi connectivity index (χ1n) is 5.98. The summed E-state index contributed by atoms with van der Waals surface area (Å²) in [6.45, 7) is 3.78. The number of carbonyl (C=O) groups is 1. The Bertz CT molecular complexity index is 616. The molecule has 0 aliphatic rings. The first kappa shape index (κ1) is 15.9. The fraction of sp³-hybridized carbons (Fsp3) is 0.357. The maximum absolute atomic E-state index is 11.8. The first-order chi connectivity index (χ1) is 8.77. The summed E-state index contributed by atoms with van der Waals surface area (Å²) < 4.78 is 23.6. The van der Waals surface area contributed by atoms with Crippen molar-refractivity contribution in [2.45, 2.75) is 31.6 Å². The Morgan fingerprint density at radius 2 is 2.00 bits per heavy atom. The lowest BCUT2D eigenvalue weighted by Gasteiger charge is -2.09. The SMILES string of the molecule is CCC/C=C/c1cc(C)c(C(=O)Cl)cc1S(C)(=O)=O. The van der Waals surface area contributed by atoms with Crippen molar-refractivity contribution in [2.75, 3.05) is 6.26 Å². The van der Waals surface area contributed by atoms with E-state index in [0.717, 1.165) is 19.1 Å². The minimum atomic E-state index is -3.41. The Kier molecular flexibility index (Phi) is 5.32. The van der Waals surface area contributed by atoms with E-state index >= 15 is 0 Å². The van der Waals surface area contributed by atoms with Gasteiger partial charge in [-0.2, -0.15) is 0 Å². The van der Waals surface area contributed by atoms with Crippen LogP contribution in [0.3, 0.4) is 0 Å². The van der Waals surface area contributed by atoms with E-state index in [0.29, 0.717) is 11.1 Å². The van der Waals surface area contributed by atoms with Crippen molar-refractivity contribution in [3.63, 3.8) is 0 Å². The monoisotopic (exact) mass is 300 g/mol. The zero-order valence-corrected chi connectivity index (χ0v) is 12.8. The van der Waals surface area contributed by atoms with Crippen LogP contribution in [0.1, 0.15) is 41.3 Å². The average Bonchev–Trinajstić information content (AvgIpc) is 2.27. The van der Waals surface area contributed by atoms with E-state index in [9.17, 15) is 13.2 Å². The predicted molar refractivity (Wildman–Crippen MR) is 78.4 cm³/mol. The van der Waals surface area contributed by atoms with Gasteiger partial charge in [0.15, 0.2) is 9.84 Å². The molecule has 0 fully saturated rings. The number of hydrogen-bond donors (Lipinski definition) is 0. The topological polar surface area (TPSA) is 51.2 Å². The van der Waals surface area contributed by atoms with E-state index in [4.69, 9.17) is 11.6 Å². The number of benzene rings is 1. The lowest BCUT2D eigenvalue weighted by Crippen LogP contribution is -2.04. The fourth-order valence-electron chi connectivity index (χ4n) is 1.75. The zero-order chi connectivity index (χ0) is 14.6. The Labute approximate surface area is 119 Å². The van der Waals surface area contributed by atoms with Crippen LogP contribution in [0.4, 0.5) is 0 Å². The third kappa shape index (κ3) is 4.18. The fourth-order valence-corrected chi connectivity index (χ4v) is 2.84. The number of carbonyl (C=O) groups excluding carboxylic acids is 1. The number of halogens is 1. The van der Waals surface area contributed by atoms with E-state index in [2.05, 4.69) is 0 Å². The standard InChI is InChI=1S/C14H17ClO3S/c1-4-5-6-7-11-8-10(2)12(14(15)16)9-13(11)19(3,17)18/h6-9H,4-5H2,1-3H3/b7-6+. The molecule has 0 aliphatic heterocycles. The van der Waals surface area contributed by atoms with E-state index in [1.807, 2.05) is 13.0 Å². The van der Waals surface area contributed by atoms with Crippen LogP contribution in [0.25, 0.3) is 6.08 Å². The highest BCUT2D eigenvalue weighted by Crippen LogP contribution is 2.24. The Morgan fingerprint density at radius 1 is 1.37 bits per heavy atom. The van der Waals surface area contributed by atoms with Crippen molar-refractivity contribution in [1.29, 1.82) is 0 Å². The van der Waals surface area contributed by atoms with Gasteiger partial charge in [0.25, 0.3) is 5.24 Å². The maximum atomic E-state index is 11.8. The van der Waals surface area contributed by atoms with Gasteiger partial charge in [-0.3, -0.25) is 4.79 Å². The lowest BCUT2D eigenvalue weighted by molar-refractivity contribution is 0.108. The predicted octanol–water partition coefficient (Wildman–Crippen LogP) is 3.59. The van der Waals surface area contributed by atoms with Crippen LogP contribution in [0.5, 0.6) is 0 Å². The molecule has 1 aromatic carbocycles. The van der Waals surface area contributed by atoms with Crippen LogP contribution in [0.2, 0.25) is 0 Å². The lowest BCUT2D eigenvalue weighted by atomic mass is 10.1. The Balaban J connectivity index is 3.46. The summed E-state index contributed by atoms with van der Waals surface area (Å²) in [4.78, 5) is 11.4. The molecule has 1 aromatic rings. The quantitative estimate of drug-likeness (QED) is 0.781. The summed E-state index contributed by atoms with van der Waals surface area (Å²) in [6.07, 6.45) is 6.68. The van der Waals surface area contributed by atoms with Crippen LogP contribution in [0.15, 0.2) is 23.1 Å². The molecule has 0 N–H and O–H groups in total. The van der Waals surface area contributed by atoms with Gasteiger partial charge in [0.05, 0.1) is 4.90 Å². The largest absolute Gasteiger partial charge is 0.276 e. The summed E-state index contributed by atoms with van der Waals surface area (Å²) in [5.74, 6) is 0. The molecule has 0 saturated carbocycles. The number of unbranched alkanes of at least 4 members (excludes halogenated alkanes) is 1. The molecule has 0 amide bonds. The van der Waals surface area contributed by atoms with Crippen LogP contribution in [0, 0.1) is 6.92 Å². The van der Waals surface area contributed by atoms with Crippen molar-refractivity contribution < 1.29 is 13.2 Å². The third-order valence-corrected chi connectivity index (χ3v) is 4.08. The minimum absolute atomic E-state index is 0.134. The van der Waals surface area contributed by atoms with Gasteiger partial charge in [0.2, 0.25) is 0 Å². The van der Waals surface area contributed by atoms with Crippen molar-refractivity contribution in [3.05, 3.63) is 34.9 Å². The number of rotatable bonds is 5. The number of allylic oxidation sites excluding steroid dienone is 1. The van der Waals surface area contributed by atoms with Crippen molar-refractivity contribution in [3.8, 4) is 0 Å². The van der Waals surface area contributed by atoms with Gasteiger partial charge in [-0.25, -0.2) is 8.42 Å². The van der Waals surface area contributed by atoms with Crippen molar-refractivity contribution >= 4 is 32.8 Å². The number of sulfone groups is 1. The summed E-state index contributed by atoms with van der Waals surface area (Å²) in [5, 5.41) is -0.647. The summed E-state index contributed by atoms with van der Waals surface area (Å²) in [7, 11) is -3.41. The number of aryl methyl sites for hydroxylation is 1. The second-order valence-corrected chi connectivity index (χ2v) is 6.77. The Morgan fingerprint density at radius 3 is 2.47 bits per heavy atom. The van der Waals surface area contributed by atoms with E-state index < -0.39 is 15.1 Å². The normalized spacial score (nSPS) is 12.0. The average molecular weight is 301 g/mol. The third-order valence-electron chi connectivity index (χ3n) is 2.72. The summed E-state index contributed by atoms with van der Waals surface area (Å²) in [6, 6.07) is 3.03. The number of hydrogen-bond acceptors (Lipinski definition) is 3. The van der Waals surface area contributed by atoms with E-state index in [-0.39, 0.29) is 10.5 Å². The van der Waals surface area contributed by atoms with Gasteiger partial charge >= 0.3 is 0 Å². The van der Waals surface area contributed by atoms with Crippen LogP contribution in [-0.4, -0.2) is 19.9 Å². The zero-order valence-electron chi connectivity index (χ0n) is 11.2. The molecular formula is C14H17ClO3S. The van der Waals surface area contributed by atoms with E-state index in [1.165, 1.54) is 6.07 Å². The molecule has 0 aliphatic carbocycles.